The van der Waals surface area contributed by atoms with Crippen LogP contribution in [0.3, 0.4) is 0 Å². The smallest absolute Gasteiger partial charge is 0.0951 e. The lowest BCUT2D eigenvalue weighted by atomic mass is 9.54. The third kappa shape index (κ3) is 2.11. The molecule has 4 saturated carbocycles. The van der Waals surface area contributed by atoms with E-state index in [1.54, 1.807) is 6.42 Å². The van der Waals surface area contributed by atoms with Gasteiger partial charge >= 0.3 is 0 Å². The molecule has 20 heavy (non-hydrogen) atoms. The van der Waals surface area contributed by atoms with Gasteiger partial charge in [-0.2, -0.15) is 0 Å². The van der Waals surface area contributed by atoms with E-state index < -0.39 is 0 Å². The number of rotatable bonds is 4. The molecule has 0 amide bonds. The van der Waals surface area contributed by atoms with Crippen molar-refractivity contribution in [3.63, 3.8) is 0 Å². The second-order valence-electron chi connectivity index (χ2n) is 7.72. The Bertz CT molecular complexity index is 448. The molecule has 5 rings (SSSR count). The van der Waals surface area contributed by atoms with Crippen LogP contribution in [-0.4, -0.2) is 15.6 Å². The molecule has 1 N–H and O–H groups in total. The van der Waals surface area contributed by atoms with E-state index in [2.05, 4.69) is 28.7 Å². The normalized spacial score (nSPS) is 38.9. The van der Waals surface area contributed by atoms with E-state index in [1.165, 1.54) is 31.4 Å². The highest BCUT2D eigenvalue weighted by atomic mass is 15.1. The number of imidazole rings is 1. The summed E-state index contributed by atoms with van der Waals surface area (Å²) in [6.07, 6.45) is 11.5. The van der Waals surface area contributed by atoms with Gasteiger partial charge in [-0.25, -0.2) is 4.98 Å². The fourth-order valence-corrected chi connectivity index (χ4v) is 5.41. The zero-order chi connectivity index (χ0) is 13.7. The third-order valence-corrected chi connectivity index (χ3v) is 6.05. The van der Waals surface area contributed by atoms with E-state index in [4.69, 9.17) is 0 Å². The van der Waals surface area contributed by atoms with Crippen LogP contribution in [0.1, 0.15) is 57.7 Å². The van der Waals surface area contributed by atoms with E-state index in [1.807, 2.05) is 12.5 Å². The second-order valence-corrected chi connectivity index (χ2v) is 7.72. The van der Waals surface area contributed by atoms with Crippen molar-refractivity contribution in [2.45, 2.75) is 64.6 Å². The lowest BCUT2D eigenvalue weighted by molar-refractivity contribution is -0.0144. The molecule has 0 radical (unpaired) electrons. The quantitative estimate of drug-likeness (QED) is 0.911. The van der Waals surface area contributed by atoms with Crippen molar-refractivity contribution >= 4 is 0 Å². The molecule has 0 atom stereocenters. The van der Waals surface area contributed by atoms with Gasteiger partial charge in [0.05, 0.1) is 12.0 Å². The largest absolute Gasteiger partial charge is 0.331 e. The predicted octanol–water partition coefficient (Wildman–Crippen LogP) is 3.38. The molecule has 4 aliphatic carbocycles. The van der Waals surface area contributed by atoms with Crippen LogP contribution < -0.4 is 5.32 Å². The maximum atomic E-state index is 4.32. The van der Waals surface area contributed by atoms with Crippen molar-refractivity contribution in [2.75, 3.05) is 0 Å². The Balaban J connectivity index is 1.43. The third-order valence-electron chi connectivity index (χ3n) is 6.05. The van der Waals surface area contributed by atoms with Gasteiger partial charge in [-0.15, -0.1) is 0 Å². The molecule has 4 fully saturated rings. The minimum absolute atomic E-state index is 0.507. The molecule has 3 nitrogen and oxygen atoms in total. The first-order valence-electron chi connectivity index (χ1n) is 8.44. The Morgan fingerprint density at radius 2 is 1.80 bits per heavy atom. The van der Waals surface area contributed by atoms with Crippen LogP contribution in [-0.2, 0) is 6.54 Å². The summed E-state index contributed by atoms with van der Waals surface area (Å²) >= 11 is 0. The summed E-state index contributed by atoms with van der Waals surface area (Å²) in [4.78, 5) is 4.32. The van der Waals surface area contributed by atoms with Gasteiger partial charge in [0.1, 0.15) is 0 Å². The number of hydrogen-bond acceptors (Lipinski definition) is 2. The fourth-order valence-electron chi connectivity index (χ4n) is 5.41. The van der Waals surface area contributed by atoms with Gasteiger partial charge in [0.2, 0.25) is 0 Å². The minimum Gasteiger partial charge on any atom is -0.331 e. The molecule has 3 heteroatoms. The zero-order valence-electron chi connectivity index (χ0n) is 12.8. The highest BCUT2D eigenvalue weighted by molar-refractivity contribution is 5.04. The first-order valence-corrected chi connectivity index (χ1v) is 8.44. The van der Waals surface area contributed by atoms with Gasteiger partial charge in [-0.1, -0.05) is 0 Å². The Morgan fingerprint density at radius 3 is 2.40 bits per heavy atom. The van der Waals surface area contributed by atoms with Crippen LogP contribution in [0.4, 0.5) is 0 Å². The lowest BCUT2D eigenvalue weighted by Crippen LogP contribution is -2.54. The Kier molecular flexibility index (Phi) is 3.13. The summed E-state index contributed by atoms with van der Waals surface area (Å²) in [6, 6.07) is 1.28. The zero-order valence-corrected chi connectivity index (χ0v) is 12.8. The maximum Gasteiger partial charge on any atom is 0.0951 e. The average molecular weight is 273 g/mol. The average Bonchev–Trinajstić information content (AvgIpc) is 2.85. The molecule has 1 heterocycles. The summed E-state index contributed by atoms with van der Waals surface area (Å²) < 4.78 is 2.29. The van der Waals surface area contributed by atoms with Crippen molar-refractivity contribution in [1.29, 1.82) is 0 Å². The molecule has 1 aromatic heterocycles. The molecule has 4 bridgehead atoms. The van der Waals surface area contributed by atoms with Crippen LogP contribution in [0.15, 0.2) is 12.5 Å². The monoisotopic (exact) mass is 273 g/mol. The fraction of sp³-hybridized carbons (Fsp3) is 0.824. The molecule has 0 aromatic carbocycles. The van der Waals surface area contributed by atoms with Crippen molar-refractivity contribution in [1.82, 2.24) is 14.9 Å². The molecule has 0 unspecified atom stereocenters. The van der Waals surface area contributed by atoms with Gasteiger partial charge in [-0.05, 0) is 69.6 Å². The molecular weight excluding hydrogens is 246 g/mol. The first-order chi connectivity index (χ1) is 9.70. The number of aromatic nitrogens is 2. The Labute approximate surface area is 122 Å². The van der Waals surface area contributed by atoms with Crippen LogP contribution in [0.2, 0.25) is 0 Å². The van der Waals surface area contributed by atoms with E-state index in [0.29, 0.717) is 6.04 Å². The van der Waals surface area contributed by atoms with Crippen LogP contribution in [0.25, 0.3) is 0 Å². The Morgan fingerprint density at radius 1 is 1.15 bits per heavy atom. The number of nitrogens with one attached hydrogen (secondary N) is 1. The number of hydrogen-bond donors (Lipinski definition) is 1. The van der Waals surface area contributed by atoms with Crippen LogP contribution >= 0.6 is 0 Å². The van der Waals surface area contributed by atoms with Gasteiger partial charge in [0.25, 0.3) is 0 Å². The van der Waals surface area contributed by atoms with Crippen LogP contribution in [0, 0.1) is 23.7 Å². The van der Waals surface area contributed by atoms with Crippen LogP contribution in [0.5, 0.6) is 0 Å². The highest BCUT2D eigenvalue weighted by Gasteiger charge is 2.47. The van der Waals surface area contributed by atoms with E-state index in [0.717, 1.165) is 36.3 Å². The number of nitrogens with zero attached hydrogens (tertiary/aromatic N) is 2. The van der Waals surface area contributed by atoms with E-state index >= 15 is 0 Å². The van der Waals surface area contributed by atoms with Crippen molar-refractivity contribution in [2.24, 2.45) is 23.7 Å². The van der Waals surface area contributed by atoms with Gasteiger partial charge in [0.15, 0.2) is 0 Å². The summed E-state index contributed by atoms with van der Waals surface area (Å²) in [7, 11) is 0. The molecule has 0 spiro atoms. The van der Waals surface area contributed by atoms with Gasteiger partial charge in [-0.3, -0.25) is 0 Å². The molecular formula is C17H27N3. The minimum atomic E-state index is 0.507. The maximum absolute atomic E-state index is 4.32. The van der Waals surface area contributed by atoms with Crippen molar-refractivity contribution in [3.05, 3.63) is 18.2 Å². The molecule has 0 aliphatic heterocycles. The predicted molar refractivity (Wildman–Crippen MR) is 80.3 cm³/mol. The molecule has 1 aromatic rings. The molecule has 0 saturated heterocycles. The topological polar surface area (TPSA) is 29.9 Å². The SMILES string of the molecule is CC(C)n1cncc1CNC1C2CC3CC(C2)CC1C3. The second kappa shape index (κ2) is 4.87. The van der Waals surface area contributed by atoms with Crippen molar-refractivity contribution in [3.8, 4) is 0 Å². The highest BCUT2D eigenvalue weighted by Crippen LogP contribution is 2.53. The summed E-state index contributed by atoms with van der Waals surface area (Å²) in [6.45, 7) is 5.45. The van der Waals surface area contributed by atoms with E-state index in [-0.39, 0.29) is 0 Å². The molecule has 4 aliphatic rings. The summed E-state index contributed by atoms with van der Waals surface area (Å²) in [5, 5.41) is 3.90. The summed E-state index contributed by atoms with van der Waals surface area (Å²) in [5.41, 5.74) is 1.34. The van der Waals surface area contributed by atoms with E-state index in [9.17, 15) is 0 Å². The first kappa shape index (κ1) is 12.9. The Hall–Kier alpha value is -0.830. The summed E-state index contributed by atoms with van der Waals surface area (Å²) in [5.74, 6) is 4.05. The van der Waals surface area contributed by atoms with Crippen molar-refractivity contribution < 1.29 is 0 Å². The molecule has 110 valence electrons. The standard InChI is InChI=1S/C17H27N3/c1-11(2)20-10-18-8-16(20)9-19-17-14-4-12-3-13(6-14)7-15(17)5-12/h8,10-15,17,19H,3-7,9H2,1-2H3. The van der Waals surface area contributed by atoms with Gasteiger partial charge in [0, 0.05) is 24.8 Å². The lowest BCUT2D eigenvalue weighted by Gasteiger charge is -2.54. The van der Waals surface area contributed by atoms with Gasteiger partial charge < -0.3 is 9.88 Å².